The normalized spacial score (nSPS) is 12.0. The maximum absolute atomic E-state index is 10.9. The summed E-state index contributed by atoms with van der Waals surface area (Å²) in [7, 11) is 0. The highest BCUT2D eigenvalue weighted by Crippen LogP contribution is 2.27. The SMILES string of the molecule is CC(CCC(=O)NN)Oc1ccc(Cl)c(Cl)c1. The van der Waals surface area contributed by atoms with E-state index in [2.05, 4.69) is 5.43 Å². The highest BCUT2D eigenvalue weighted by molar-refractivity contribution is 6.42. The van der Waals surface area contributed by atoms with Crippen molar-refractivity contribution in [3.8, 4) is 5.75 Å². The zero-order chi connectivity index (χ0) is 12.8. The van der Waals surface area contributed by atoms with Crippen molar-refractivity contribution in [3.05, 3.63) is 28.2 Å². The molecule has 1 atom stereocenters. The second-order valence-electron chi connectivity index (χ2n) is 3.61. The third kappa shape index (κ3) is 4.81. The van der Waals surface area contributed by atoms with Crippen molar-refractivity contribution in [2.45, 2.75) is 25.9 Å². The van der Waals surface area contributed by atoms with Crippen molar-refractivity contribution in [2.75, 3.05) is 0 Å². The molecule has 0 aromatic heterocycles. The van der Waals surface area contributed by atoms with Crippen LogP contribution in [0.4, 0.5) is 0 Å². The number of hydrazine groups is 1. The lowest BCUT2D eigenvalue weighted by molar-refractivity contribution is -0.121. The summed E-state index contributed by atoms with van der Waals surface area (Å²) in [6.45, 7) is 1.87. The molecule has 0 fully saturated rings. The topological polar surface area (TPSA) is 64.4 Å². The van der Waals surface area contributed by atoms with Crippen LogP contribution in [0.1, 0.15) is 19.8 Å². The molecule has 0 aliphatic heterocycles. The quantitative estimate of drug-likeness (QED) is 0.494. The van der Waals surface area contributed by atoms with Crippen molar-refractivity contribution in [1.29, 1.82) is 0 Å². The van der Waals surface area contributed by atoms with Gasteiger partial charge in [0.05, 0.1) is 16.1 Å². The van der Waals surface area contributed by atoms with Crippen LogP contribution in [-0.2, 0) is 4.79 Å². The Labute approximate surface area is 110 Å². The average Bonchev–Trinajstić information content (AvgIpc) is 2.31. The van der Waals surface area contributed by atoms with Gasteiger partial charge in [0, 0.05) is 12.5 Å². The Morgan fingerprint density at radius 1 is 1.47 bits per heavy atom. The number of halogens is 2. The summed E-state index contributed by atoms with van der Waals surface area (Å²) in [5.74, 6) is 5.39. The van der Waals surface area contributed by atoms with E-state index in [4.69, 9.17) is 33.8 Å². The minimum atomic E-state index is -0.213. The zero-order valence-electron chi connectivity index (χ0n) is 9.37. The van der Waals surface area contributed by atoms with Crippen LogP contribution in [0, 0.1) is 0 Å². The largest absolute Gasteiger partial charge is 0.491 e. The van der Waals surface area contributed by atoms with E-state index in [1.54, 1.807) is 18.2 Å². The first-order valence-electron chi connectivity index (χ1n) is 5.14. The van der Waals surface area contributed by atoms with Crippen molar-refractivity contribution < 1.29 is 9.53 Å². The Kier molecular flexibility index (Phi) is 5.55. The number of nitrogens with two attached hydrogens (primary N) is 1. The van der Waals surface area contributed by atoms with Gasteiger partial charge in [-0.1, -0.05) is 23.2 Å². The van der Waals surface area contributed by atoms with Gasteiger partial charge in [-0.25, -0.2) is 5.84 Å². The molecule has 94 valence electrons. The molecule has 17 heavy (non-hydrogen) atoms. The second kappa shape index (κ2) is 6.69. The van der Waals surface area contributed by atoms with E-state index >= 15 is 0 Å². The predicted octanol–water partition coefficient (Wildman–Crippen LogP) is 2.53. The lowest BCUT2D eigenvalue weighted by Crippen LogP contribution is -2.30. The zero-order valence-corrected chi connectivity index (χ0v) is 10.9. The van der Waals surface area contributed by atoms with E-state index < -0.39 is 0 Å². The van der Waals surface area contributed by atoms with Gasteiger partial charge in [-0.05, 0) is 25.5 Å². The maximum Gasteiger partial charge on any atom is 0.234 e. The molecule has 0 heterocycles. The number of carbonyl (C=O) groups excluding carboxylic acids is 1. The van der Waals surface area contributed by atoms with Crippen LogP contribution in [0.25, 0.3) is 0 Å². The number of hydrogen-bond acceptors (Lipinski definition) is 3. The van der Waals surface area contributed by atoms with E-state index in [0.29, 0.717) is 28.6 Å². The van der Waals surface area contributed by atoms with E-state index in [-0.39, 0.29) is 12.0 Å². The third-order valence-corrected chi connectivity index (χ3v) is 2.91. The molecule has 0 bridgehead atoms. The first-order valence-corrected chi connectivity index (χ1v) is 5.89. The fraction of sp³-hybridized carbons (Fsp3) is 0.364. The van der Waals surface area contributed by atoms with Crippen molar-refractivity contribution in [2.24, 2.45) is 5.84 Å². The molecule has 3 N–H and O–H groups in total. The van der Waals surface area contributed by atoms with Gasteiger partial charge >= 0.3 is 0 Å². The molecule has 4 nitrogen and oxygen atoms in total. The van der Waals surface area contributed by atoms with Gasteiger partial charge in [0.25, 0.3) is 0 Å². The minimum absolute atomic E-state index is 0.107. The van der Waals surface area contributed by atoms with Gasteiger partial charge in [-0.2, -0.15) is 0 Å². The molecule has 0 aliphatic rings. The summed E-state index contributed by atoms with van der Waals surface area (Å²) in [5, 5.41) is 0.922. The summed E-state index contributed by atoms with van der Waals surface area (Å²) in [5.41, 5.74) is 2.07. The van der Waals surface area contributed by atoms with Gasteiger partial charge in [0.15, 0.2) is 0 Å². The Bertz CT molecular complexity index is 399. The maximum atomic E-state index is 10.9. The lowest BCUT2D eigenvalue weighted by Gasteiger charge is -2.14. The lowest BCUT2D eigenvalue weighted by atomic mass is 10.2. The molecule has 0 saturated heterocycles. The highest BCUT2D eigenvalue weighted by atomic mass is 35.5. The first-order chi connectivity index (χ1) is 8.02. The Balaban J connectivity index is 2.47. The van der Waals surface area contributed by atoms with Gasteiger partial charge < -0.3 is 4.74 Å². The summed E-state index contributed by atoms with van der Waals surface area (Å²) in [4.78, 5) is 10.9. The highest BCUT2D eigenvalue weighted by Gasteiger charge is 2.08. The van der Waals surface area contributed by atoms with Crippen molar-refractivity contribution >= 4 is 29.1 Å². The van der Waals surface area contributed by atoms with Crippen LogP contribution in [0.5, 0.6) is 5.75 Å². The summed E-state index contributed by atoms with van der Waals surface area (Å²) in [6.07, 6.45) is 0.784. The van der Waals surface area contributed by atoms with E-state index in [9.17, 15) is 4.79 Å². The molecule has 0 aliphatic carbocycles. The van der Waals surface area contributed by atoms with Gasteiger partial charge in [0.1, 0.15) is 5.75 Å². The third-order valence-electron chi connectivity index (χ3n) is 2.17. The van der Waals surface area contributed by atoms with Gasteiger partial charge in [0.2, 0.25) is 5.91 Å². The Morgan fingerprint density at radius 2 is 2.18 bits per heavy atom. The molecule has 6 heteroatoms. The molecule has 1 amide bonds. The van der Waals surface area contributed by atoms with Crippen LogP contribution >= 0.6 is 23.2 Å². The van der Waals surface area contributed by atoms with E-state index in [1.807, 2.05) is 6.92 Å². The minimum Gasteiger partial charge on any atom is -0.491 e. The Morgan fingerprint density at radius 3 is 2.76 bits per heavy atom. The predicted molar refractivity (Wildman–Crippen MR) is 68.1 cm³/mol. The van der Waals surface area contributed by atoms with E-state index in [0.717, 1.165) is 0 Å². The molecule has 1 aromatic rings. The van der Waals surface area contributed by atoms with Crippen LogP contribution in [-0.4, -0.2) is 12.0 Å². The Hall–Kier alpha value is -0.970. The molecule has 0 spiro atoms. The number of nitrogens with one attached hydrogen (secondary N) is 1. The first kappa shape index (κ1) is 14.1. The molecule has 0 radical (unpaired) electrons. The van der Waals surface area contributed by atoms with Crippen molar-refractivity contribution in [1.82, 2.24) is 5.43 Å². The molecule has 1 rings (SSSR count). The summed E-state index contributed by atoms with van der Waals surface area (Å²) in [6, 6.07) is 5.04. The van der Waals surface area contributed by atoms with Crippen LogP contribution in [0.2, 0.25) is 10.0 Å². The molecule has 1 aromatic carbocycles. The van der Waals surface area contributed by atoms with Crippen LogP contribution in [0.15, 0.2) is 18.2 Å². The smallest absolute Gasteiger partial charge is 0.234 e. The van der Waals surface area contributed by atoms with E-state index in [1.165, 1.54) is 0 Å². The number of ether oxygens (including phenoxy) is 1. The fourth-order valence-corrected chi connectivity index (χ4v) is 1.54. The summed E-state index contributed by atoms with van der Waals surface area (Å²) >= 11 is 11.6. The summed E-state index contributed by atoms with van der Waals surface area (Å²) < 4.78 is 5.58. The molecule has 0 saturated carbocycles. The van der Waals surface area contributed by atoms with Gasteiger partial charge in [-0.15, -0.1) is 0 Å². The van der Waals surface area contributed by atoms with Crippen LogP contribution < -0.4 is 16.0 Å². The fourth-order valence-electron chi connectivity index (χ4n) is 1.25. The number of carbonyl (C=O) groups is 1. The number of amides is 1. The molecular formula is C11H14Cl2N2O2. The second-order valence-corrected chi connectivity index (χ2v) is 4.42. The average molecular weight is 277 g/mol. The molecular weight excluding hydrogens is 263 g/mol. The number of benzene rings is 1. The molecule has 1 unspecified atom stereocenters. The standard InChI is InChI=1S/C11H14Cl2N2O2/c1-7(2-5-11(16)15-14)17-8-3-4-9(12)10(13)6-8/h3-4,6-7H,2,5,14H2,1H3,(H,15,16). The number of rotatable bonds is 5. The number of hydrogen-bond donors (Lipinski definition) is 2. The monoisotopic (exact) mass is 276 g/mol. The van der Waals surface area contributed by atoms with Crippen molar-refractivity contribution in [3.63, 3.8) is 0 Å². The van der Waals surface area contributed by atoms with Gasteiger partial charge in [-0.3, -0.25) is 10.2 Å². The van der Waals surface area contributed by atoms with Crippen LogP contribution in [0.3, 0.4) is 0 Å².